The van der Waals surface area contributed by atoms with E-state index in [0.29, 0.717) is 15.9 Å². The first kappa shape index (κ1) is 15.9. The molecule has 0 heterocycles. The summed E-state index contributed by atoms with van der Waals surface area (Å²) in [6, 6.07) is 10.1. The van der Waals surface area contributed by atoms with Gasteiger partial charge in [-0.05, 0) is 41.8 Å². The van der Waals surface area contributed by atoms with Crippen LogP contribution in [0.25, 0.3) is 0 Å². The molecule has 2 rings (SSSR count). The molecule has 0 aliphatic carbocycles. The van der Waals surface area contributed by atoms with Crippen LogP contribution in [0.3, 0.4) is 0 Å². The average molecular weight is 423 g/mol. The average Bonchev–Trinajstić information content (AvgIpc) is 2.39. The first-order chi connectivity index (χ1) is 9.51. The molecule has 0 bridgehead atoms. The fourth-order valence-corrected chi connectivity index (χ4v) is 3.27. The van der Waals surface area contributed by atoms with Crippen LogP contribution in [0.4, 0.5) is 4.39 Å². The second kappa shape index (κ2) is 7.00. The highest BCUT2D eigenvalue weighted by Gasteiger charge is 2.16. The van der Waals surface area contributed by atoms with Crippen LogP contribution in [0.15, 0.2) is 45.3 Å². The van der Waals surface area contributed by atoms with E-state index in [1.165, 1.54) is 12.1 Å². The van der Waals surface area contributed by atoms with Crippen LogP contribution >= 0.6 is 43.5 Å². The second-order valence-corrected chi connectivity index (χ2v) is 6.50. The molecule has 6 heteroatoms. The molecule has 1 unspecified atom stereocenters. The summed E-state index contributed by atoms with van der Waals surface area (Å²) in [5.41, 5.74) is 4.60. The van der Waals surface area contributed by atoms with Gasteiger partial charge in [-0.1, -0.05) is 55.6 Å². The van der Waals surface area contributed by atoms with Crippen LogP contribution in [0.2, 0.25) is 5.02 Å². The maximum absolute atomic E-state index is 13.1. The van der Waals surface area contributed by atoms with E-state index in [4.69, 9.17) is 17.4 Å². The molecule has 0 aromatic heterocycles. The number of hydrogen-bond donors (Lipinski definition) is 2. The summed E-state index contributed by atoms with van der Waals surface area (Å²) in [4.78, 5) is 0. The molecule has 2 aromatic rings. The van der Waals surface area contributed by atoms with Crippen molar-refractivity contribution < 1.29 is 4.39 Å². The van der Waals surface area contributed by atoms with Crippen molar-refractivity contribution in [1.29, 1.82) is 0 Å². The molecule has 0 radical (unpaired) electrons. The number of hydrogen-bond acceptors (Lipinski definition) is 2. The lowest BCUT2D eigenvalue weighted by Crippen LogP contribution is -2.29. The van der Waals surface area contributed by atoms with Gasteiger partial charge in [-0.25, -0.2) is 4.39 Å². The molecule has 2 aromatic carbocycles. The minimum absolute atomic E-state index is 0.155. The van der Waals surface area contributed by atoms with Gasteiger partial charge in [-0.15, -0.1) is 0 Å². The first-order valence-corrected chi connectivity index (χ1v) is 7.82. The minimum Gasteiger partial charge on any atom is -0.271 e. The summed E-state index contributed by atoms with van der Waals surface area (Å²) in [7, 11) is 0. The van der Waals surface area contributed by atoms with Crippen molar-refractivity contribution in [2.24, 2.45) is 5.84 Å². The largest absolute Gasteiger partial charge is 0.271 e. The Labute approximate surface area is 138 Å². The van der Waals surface area contributed by atoms with Gasteiger partial charge in [0.2, 0.25) is 0 Å². The predicted molar refractivity (Wildman–Crippen MR) is 87.0 cm³/mol. The van der Waals surface area contributed by atoms with Crippen LogP contribution in [-0.4, -0.2) is 0 Å². The fraction of sp³-hybridized carbons (Fsp3) is 0.143. The molecule has 0 amide bonds. The van der Waals surface area contributed by atoms with Crippen molar-refractivity contribution in [3.05, 3.63) is 67.3 Å². The van der Waals surface area contributed by atoms with Crippen molar-refractivity contribution in [3.8, 4) is 0 Å². The maximum Gasteiger partial charge on any atom is 0.124 e. The molecular weight excluding hydrogens is 410 g/mol. The van der Waals surface area contributed by atoms with Gasteiger partial charge in [0.15, 0.2) is 0 Å². The van der Waals surface area contributed by atoms with Gasteiger partial charge in [-0.3, -0.25) is 11.3 Å². The lowest BCUT2D eigenvalue weighted by molar-refractivity contribution is 0.550. The van der Waals surface area contributed by atoms with E-state index in [1.807, 2.05) is 18.2 Å². The topological polar surface area (TPSA) is 38.0 Å². The fourth-order valence-electron chi connectivity index (χ4n) is 1.95. The van der Waals surface area contributed by atoms with Crippen LogP contribution in [0.1, 0.15) is 17.2 Å². The molecule has 0 aliphatic heterocycles. The molecule has 0 saturated heterocycles. The number of hydrazine groups is 1. The van der Waals surface area contributed by atoms with Gasteiger partial charge in [0, 0.05) is 14.0 Å². The van der Waals surface area contributed by atoms with E-state index in [9.17, 15) is 4.39 Å². The summed E-state index contributed by atoms with van der Waals surface area (Å²) >= 11 is 13.0. The van der Waals surface area contributed by atoms with E-state index in [0.717, 1.165) is 15.6 Å². The van der Waals surface area contributed by atoms with E-state index in [2.05, 4.69) is 37.3 Å². The summed E-state index contributed by atoms with van der Waals surface area (Å²) in [5.74, 6) is 5.35. The minimum atomic E-state index is -0.278. The SMILES string of the molecule is NNC(Cc1ccc(F)cc1Br)c1ccc(Br)cc1Cl. The number of halogens is 4. The molecule has 3 N–H and O–H groups in total. The van der Waals surface area contributed by atoms with Gasteiger partial charge >= 0.3 is 0 Å². The lowest BCUT2D eigenvalue weighted by Gasteiger charge is -2.19. The third-order valence-corrected chi connectivity index (χ3v) is 4.54. The van der Waals surface area contributed by atoms with Gasteiger partial charge < -0.3 is 0 Å². The van der Waals surface area contributed by atoms with Crippen LogP contribution in [0.5, 0.6) is 0 Å². The van der Waals surface area contributed by atoms with Gasteiger partial charge in [0.05, 0.1) is 6.04 Å². The Bertz CT molecular complexity index is 622. The third-order valence-electron chi connectivity index (χ3n) is 2.98. The van der Waals surface area contributed by atoms with Crippen molar-refractivity contribution >= 4 is 43.5 Å². The highest BCUT2D eigenvalue weighted by molar-refractivity contribution is 9.10. The zero-order chi connectivity index (χ0) is 14.7. The quantitative estimate of drug-likeness (QED) is 0.551. The molecule has 106 valence electrons. The second-order valence-electron chi connectivity index (χ2n) is 4.32. The standard InChI is InChI=1S/C14H12Br2ClFN2/c15-9-2-4-11(13(17)6-9)14(20-19)5-8-1-3-10(18)7-12(8)16/h1-4,6-7,14,20H,5,19H2. The maximum atomic E-state index is 13.1. The van der Waals surface area contributed by atoms with Crippen molar-refractivity contribution in [2.45, 2.75) is 12.5 Å². The molecular formula is C14H12Br2ClFN2. The smallest absolute Gasteiger partial charge is 0.124 e. The van der Waals surface area contributed by atoms with Crippen molar-refractivity contribution in [1.82, 2.24) is 5.43 Å². The number of nitrogens with two attached hydrogens (primary N) is 1. The van der Waals surface area contributed by atoms with Gasteiger partial charge in [-0.2, -0.15) is 0 Å². The molecule has 2 nitrogen and oxygen atoms in total. The Kier molecular flexibility index (Phi) is 5.57. The molecule has 0 saturated carbocycles. The first-order valence-electron chi connectivity index (χ1n) is 5.86. The van der Waals surface area contributed by atoms with Gasteiger partial charge in [0.1, 0.15) is 5.82 Å². The Morgan fingerprint density at radius 3 is 2.55 bits per heavy atom. The Morgan fingerprint density at radius 2 is 1.95 bits per heavy atom. The Balaban J connectivity index is 2.28. The van der Waals surface area contributed by atoms with Crippen LogP contribution in [0, 0.1) is 5.82 Å². The summed E-state index contributed by atoms with van der Waals surface area (Å²) in [5, 5.41) is 0.626. The van der Waals surface area contributed by atoms with E-state index in [-0.39, 0.29) is 11.9 Å². The molecule has 0 aliphatic rings. The van der Waals surface area contributed by atoms with E-state index in [1.54, 1.807) is 6.07 Å². The highest BCUT2D eigenvalue weighted by Crippen LogP contribution is 2.30. The van der Waals surface area contributed by atoms with Gasteiger partial charge in [0.25, 0.3) is 0 Å². The predicted octanol–water partition coefficient (Wildman–Crippen LogP) is 4.75. The highest BCUT2D eigenvalue weighted by atomic mass is 79.9. The zero-order valence-corrected chi connectivity index (χ0v) is 14.3. The molecule has 0 fully saturated rings. The number of nitrogens with one attached hydrogen (secondary N) is 1. The summed E-state index contributed by atoms with van der Waals surface area (Å²) in [6.07, 6.45) is 0.596. The van der Waals surface area contributed by atoms with Crippen molar-refractivity contribution in [2.75, 3.05) is 0 Å². The third kappa shape index (κ3) is 3.80. The van der Waals surface area contributed by atoms with E-state index >= 15 is 0 Å². The van der Waals surface area contributed by atoms with E-state index < -0.39 is 0 Å². The Hall–Kier alpha value is -0.460. The number of benzene rings is 2. The Morgan fingerprint density at radius 1 is 1.20 bits per heavy atom. The zero-order valence-electron chi connectivity index (χ0n) is 10.3. The summed E-state index contributed by atoms with van der Waals surface area (Å²) in [6.45, 7) is 0. The monoisotopic (exact) mass is 420 g/mol. The molecule has 20 heavy (non-hydrogen) atoms. The molecule has 1 atom stereocenters. The number of rotatable bonds is 4. The van der Waals surface area contributed by atoms with Crippen LogP contribution < -0.4 is 11.3 Å². The molecule has 0 spiro atoms. The van der Waals surface area contributed by atoms with Crippen molar-refractivity contribution in [3.63, 3.8) is 0 Å². The lowest BCUT2D eigenvalue weighted by atomic mass is 9.99. The normalized spacial score (nSPS) is 12.4. The van der Waals surface area contributed by atoms with Crippen LogP contribution in [-0.2, 0) is 6.42 Å². The summed E-state index contributed by atoms with van der Waals surface area (Å²) < 4.78 is 14.7.